The third-order valence-corrected chi connectivity index (χ3v) is 3.88. The molecule has 18 heavy (non-hydrogen) atoms. The molecule has 0 amide bonds. The smallest absolute Gasteiger partial charge is 0.0431 e. The largest absolute Gasteiger partial charge is 0.396 e. The summed E-state index contributed by atoms with van der Waals surface area (Å²) in [6.07, 6.45) is 3.39. The summed E-state index contributed by atoms with van der Waals surface area (Å²) in [6, 6.07) is 1.26. The Morgan fingerprint density at radius 3 is 2.50 bits per heavy atom. The van der Waals surface area contributed by atoms with Gasteiger partial charge in [-0.05, 0) is 51.5 Å². The van der Waals surface area contributed by atoms with Gasteiger partial charge >= 0.3 is 0 Å². The quantitative estimate of drug-likeness (QED) is 0.732. The van der Waals surface area contributed by atoms with Crippen LogP contribution in [0.2, 0.25) is 0 Å². The van der Waals surface area contributed by atoms with Crippen LogP contribution in [0, 0.1) is 11.8 Å². The molecule has 2 N–H and O–H groups in total. The third-order valence-electron chi connectivity index (χ3n) is 3.88. The van der Waals surface area contributed by atoms with E-state index in [1.807, 2.05) is 0 Å². The first-order valence-electron chi connectivity index (χ1n) is 7.61. The highest BCUT2D eigenvalue weighted by molar-refractivity contribution is 4.85. The van der Waals surface area contributed by atoms with Crippen LogP contribution in [-0.4, -0.2) is 48.3 Å². The lowest BCUT2D eigenvalue weighted by Crippen LogP contribution is -2.52. The number of likely N-dealkylation sites (tertiary alicyclic amines) is 1. The van der Waals surface area contributed by atoms with Gasteiger partial charge in [0, 0.05) is 31.8 Å². The minimum Gasteiger partial charge on any atom is -0.396 e. The van der Waals surface area contributed by atoms with Gasteiger partial charge in [-0.3, -0.25) is 4.90 Å². The van der Waals surface area contributed by atoms with E-state index in [-0.39, 0.29) is 0 Å². The van der Waals surface area contributed by atoms with Crippen LogP contribution in [0.4, 0.5) is 0 Å². The molecule has 1 aliphatic heterocycles. The zero-order valence-electron chi connectivity index (χ0n) is 12.7. The van der Waals surface area contributed by atoms with E-state index >= 15 is 0 Å². The fourth-order valence-corrected chi connectivity index (χ4v) is 2.80. The zero-order chi connectivity index (χ0) is 13.5. The van der Waals surface area contributed by atoms with E-state index < -0.39 is 0 Å². The second-order valence-electron chi connectivity index (χ2n) is 6.51. The van der Waals surface area contributed by atoms with Crippen LogP contribution >= 0.6 is 0 Å². The lowest BCUT2D eigenvalue weighted by molar-refractivity contribution is 0.102. The van der Waals surface area contributed by atoms with Gasteiger partial charge in [-0.15, -0.1) is 0 Å². The minimum atomic E-state index is 0.336. The SMILES string of the molecule is CC(C)CNC1CC(CCCO)CN(C(C)C)C1. The van der Waals surface area contributed by atoms with Crippen molar-refractivity contribution in [3.8, 4) is 0 Å². The number of aliphatic hydroxyl groups excluding tert-OH is 1. The minimum absolute atomic E-state index is 0.336. The van der Waals surface area contributed by atoms with Gasteiger partial charge in [-0.1, -0.05) is 13.8 Å². The van der Waals surface area contributed by atoms with E-state index in [9.17, 15) is 0 Å². The molecule has 0 spiro atoms. The first-order chi connectivity index (χ1) is 8.52. The first-order valence-corrected chi connectivity index (χ1v) is 7.61. The Bertz CT molecular complexity index is 219. The fraction of sp³-hybridized carbons (Fsp3) is 1.00. The van der Waals surface area contributed by atoms with Crippen LogP contribution in [0.3, 0.4) is 0 Å². The van der Waals surface area contributed by atoms with Gasteiger partial charge in [-0.25, -0.2) is 0 Å². The van der Waals surface area contributed by atoms with Crippen LogP contribution < -0.4 is 5.32 Å². The van der Waals surface area contributed by atoms with Crippen molar-refractivity contribution in [2.24, 2.45) is 11.8 Å². The molecule has 0 saturated carbocycles. The van der Waals surface area contributed by atoms with E-state index in [2.05, 4.69) is 37.9 Å². The molecular weight excluding hydrogens is 224 g/mol. The molecule has 0 aromatic heterocycles. The average molecular weight is 256 g/mol. The zero-order valence-corrected chi connectivity index (χ0v) is 12.7. The Morgan fingerprint density at radius 1 is 1.22 bits per heavy atom. The van der Waals surface area contributed by atoms with Crippen LogP contribution in [0.25, 0.3) is 0 Å². The molecule has 108 valence electrons. The van der Waals surface area contributed by atoms with E-state index in [1.165, 1.54) is 25.9 Å². The second-order valence-corrected chi connectivity index (χ2v) is 6.51. The van der Waals surface area contributed by atoms with Crippen molar-refractivity contribution in [3.05, 3.63) is 0 Å². The molecule has 0 radical (unpaired) electrons. The van der Waals surface area contributed by atoms with Gasteiger partial charge in [-0.2, -0.15) is 0 Å². The van der Waals surface area contributed by atoms with Crippen molar-refractivity contribution in [2.75, 3.05) is 26.2 Å². The molecule has 1 saturated heterocycles. The molecule has 1 aliphatic rings. The van der Waals surface area contributed by atoms with Gasteiger partial charge < -0.3 is 10.4 Å². The molecule has 0 aromatic rings. The summed E-state index contributed by atoms with van der Waals surface area (Å²) in [4.78, 5) is 2.59. The van der Waals surface area contributed by atoms with E-state index in [0.29, 0.717) is 18.7 Å². The van der Waals surface area contributed by atoms with Gasteiger partial charge in [0.25, 0.3) is 0 Å². The third kappa shape index (κ3) is 5.68. The Hall–Kier alpha value is -0.120. The number of hydrogen-bond donors (Lipinski definition) is 2. The van der Waals surface area contributed by atoms with Gasteiger partial charge in [0.15, 0.2) is 0 Å². The number of aliphatic hydroxyl groups is 1. The number of nitrogens with zero attached hydrogens (tertiary/aromatic N) is 1. The molecule has 2 unspecified atom stereocenters. The predicted molar refractivity (Wildman–Crippen MR) is 77.8 cm³/mol. The molecule has 3 heteroatoms. The lowest BCUT2D eigenvalue weighted by Gasteiger charge is -2.40. The van der Waals surface area contributed by atoms with Crippen LogP contribution in [-0.2, 0) is 0 Å². The van der Waals surface area contributed by atoms with Gasteiger partial charge in [0.2, 0.25) is 0 Å². The Kier molecular flexibility index (Phi) is 7.20. The van der Waals surface area contributed by atoms with E-state index in [4.69, 9.17) is 5.11 Å². The summed E-state index contributed by atoms with van der Waals surface area (Å²) in [6.45, 7) is 12.9. The topological polar surface area (TPSA) is 35.5 Å². The monoisotopic (exact) mass is 256 g/mol. The van der Waals surface area contributed by atoms with Crippen molar-refractivity contribution in [2.45, 2.75) is 59.0 Å². The molecule has 3 nitrogen and oxygen atoms in total. The highest BCUT2D eigenvalue weighted by Crippen LogP contribution is 2.23. The van der Waals surface area contributed by atoms with Crippen LogP contribution in [0.15, 0.2) is 0 Å². The Morgan fingerprint density at radius 2 is 1.94 bits per heavy atom. The molecular formula is C15H32N2O. The molecule has 1 fully saturated rings. The normalized spacial score (nSPS) is 26.2. The van der Waals surface area contributed by atoms with Crippen LogP contribution in [0.5, 0.6) is 0 Å². The summed E-state index contributed by atoms with van der Waals surface area (Å²) in [5.41, 5.74) is 0. The van der Waals surface area contributed by atoms with Crippen molar-refractivity contribution in [3.63, 3.8) is 0 Å². The Labute approximate surface area is 113 Å². The maximum absolute atomic E-state index is 8.98. The second kappa shape index (κ2) is 8.13. The highest BCUT2D eigenvalue weighted by Gasteiger charge is 2.27. The molecule has 1 rings (SSSR count). The van der Waals surface area contributed by atoms with Gasteiger partial charge in [0.1, 0.15) is 0 Å². The van der Waals surface area contributed by atoms with Crippen molar-refractivity contribution >= 4 is 0 Å². The molecule has 0 aliphatic carbocycles. The maximum Gasteiger partial charge on any atom is 0.0431 e. The summed E-state index contributed by atoms with van der Waals surface area (Å²) in [5, 5.41) is 12.7. The number of hydrogen-bond acceptors (Lipinski definition) is 3. The molecule has 0 aromatic carbocycles. The number of nitrogens with one attached hydrogen (secondary N) is 1. The molecule has 2 atom stereocenters. The maximum atomic E-state index is 8.98. The van der Waals surface area contributed by atoms with Crippen molar-refractivity contribution < 1.29 is 5.11 Å². The summed E-state index contributed by atoms with van der Waals surface area (Å²) >= 11 is 0. The van der Waals surface area contributed by atoms with Crippen molar-refractivity contribution in [1.29, 1.82) is 0 Å². The van der Waals surface area contributed by atoms with E-state index in [0.717, 1.165) is 24.8 Å². The fourth-order valence-electron chi connectivity index (χ4n) is 2.80. The lowest BCUT2D eigenvalue weighted by atomic mass is 9.89. The molecule has 0 bridgehead atoms. The van der Waals surface area contributed by atoms with E-state index in [1.54, 1.807) is 0 Å². The van der Waals surface area contributed by atoms with Crippen LogP contribution in [0.1, 0.15) is 47.0 Å². The Balaban J connectivity index is 2.45. The number of rotatable bonds is 7. The standard InChI is InChI=1S/C15H32N2O/c1-12(2)9-16-15-8-14(6-5-7-18)10-17(11-15)13(3)4/h12-16,18H,5-11H2,1-4H3. The average Bonchev–Trinajstić information content (AvgIpc) is 2.33. The number of piperidine rings is 1. The summed E-state index contributed by atoms with van der Waals surface area (Å²) < 4.78 is 0. The first kappa shape index (κ1) is 15.9. The highest BCUT2D eigenvalue weighted by atomic mass is 16.2. The predicted octanol–water partition coefficient (Wildman–Crippen LogP) is 2.10. The summed E-state index contributed by atoms with van der Waals surface area (Å²) in [7, 11) is 0. The van der Waals surface area contributed by atoms with Gasteiger partial charge in [0.05, 0.1) is 0 Å². The summed E-state index contributed by atoms with van der Waals surface area (Å²) in [5.74, 6) is 1.47. The van der Waals surface area contributed by atoms with Crippen molar-refractivity contribution in [1.82, 2.24) is 10.2 Å². The molecule has 1 heterocycles.